The molecule has 0 atom stereocenters. The van der Waals surface area contributed by atoms with E-state index >= 15 is 0 Å². The normalized spacial score (nSPS) is 10.5. The van der Waals surface area contributed by atoms with Crippen molar-refractivity contribution in [2.75, 3.05) is 11.9 Å². The number of para-hydroxylation sites is 1. The Kier molecular flexibility index (Phi) is 5.57. The Balaban J connectivity index is 2.11. The van der Waals surface area contributed by atoms with Crippen LogP contribution >= 0.6 is 0 Å². The van der Waals surface area contributed by atoms with Crippen molar-refractivity contribution < 1.29 is 24.5 Å². The predicted molar refractivity (Wildman–Crippen MR) is 90.3 cm³/mol. The number of hydrogen-bond acceptors (Lipinski definition) is 4. The van der Waals surface area contributed by atoms with Crippen molar-refractivity contribution in [1.82, 2.24) is 0 Å². The average Bonchev–Trinajstić information content (AvgIpc) is 2.56. The number of phenols is 1. The van der Waals surface area contributed by atoms with Gasteiger partial charge in [0.1, 0.15) is 0 Å². The second kappa shape index (κ2) is 7.82. The second-order valence-corrected chi connectivity index (χ2v) is 4.83. The number of aromatic carboxylic acids is 1. The van der Waals surface area contributed by atoms with E-state index in [9.17, 15) is 14.7 Å². The molecule has 3 N–H and O–H groups in total. The Morgan fingerprint density at radius 1 is 1.21 bits per heavy atom. The van der Waals surface area contributed by atoms with Crippen LogP contribution < -0.4 is 10.1 Å². The third-order valence-electron chi connectivity index (χ3n) is 3.13. The van der Waals surface area contributed by atoms with Crippen LogP contribution in [0.1, 0.15) is 22.8 Å². The SMILES string of the molecule is CCOc1cc(/C=C/C(=O)Nc2ccccc2C(=O)O)ccc1O. The quantitative estimate of drug-likeness (QED) is 0.708. The molecule has 6 nitrogen and oxygen atoms in total. The van der Waals surface area contributed by atoms with Crippen LogP contribution in [-0.2, 0) is 4.79 Å². The van der Waals surface area contributed by atoms with E-state index in [1.807, 2.05) is 0 Å². The number of phenolic OH excluding ortho intramolecular Hbond substituents is 1. The van der Waals surface area contributed by atoms with Gasteiger partial charge in [0.25, 0.3) is 0 Å². The molecule has 6 heteroatoms. The molecule has 2 rings (SSSR count). The molecular weight excluding hydrogens is 310 g/mol. The van der Waals surface area contributed by atoms with Crippen molar-refractivity contribution in [3.63, 3.8) is 0 Å². The van der Waals surface area contributed by atoms with Gasteiger partial charge in [-0.2, -0.15) is 0 Å². The van der Waals surface area contributed by atoms with Crippen LogP contribution in [0.5, 0.6) is 11.5 Å². The van der Waals surface area contributed by atoms with E-state index in [-0.39, 0.29) is 17.0 Å². The molecule has 0 aliphatic rings. The van der Waals surface area contributed by atoms with E-state index in [0.29, 0.717) is 17.9 Å². The van der Waals surface area contributed by atoms with E-state index in [2.05, 4.69) is 5.32 Å². The van der Waals surface area contributed by atoms with Crippen LogP contribution in [0, 0.1) is 0 Å². The second-order valence-electron chi connectivity index (χ2n) is 4.83. The molecule has 1 amide bonds. The molecule has 0 fully saturated rings. The summed E-state index contributed by atoms with van der Waals surface area (Å²) in [5.41, 5.74) is 0.904. The van der Waals surface area contributed by atoms with E-state index in [0.717, 1.165) is 0 Å². The van der Waals surface area contributed by atoms with Gasteiger partial charge in [0.05, 0.1) is 17.9 Å². The number of carbonyl (C=O) groups is 2. The third-order valence-corrected chi connectivity index (χ3v) is 3.13. The Bertz CT molecular complexity index is 783. The number of nitrogens with one attached hydrogen (secondary N) is 1. The molecule has 24 heavy (non-hydrogen) atoms. The van der Waals surface area contributed by atoms with E-state index in [1.165, 1.54) is 24.3 Å². The smallest absolute Gasteiger partial charge is 0.337 e. The third kappa shape index (κ3) is 4.36. The Morgan fingerprint density at radius 3 is 2.67 bits per heavy atom. The summed E-state index contributed by atoms with van der Waals surface area (Å²) in [7, 11) is 0. The zero-order valence-corrected chi connectivity index (χ0v) is 13.0. The van der Waals surface area contributed by atoms with Crippen LogP contribution in [0.15, 0.2) is 48.5 Å². The highest BCUT2D eigenvalue weighted by Gasteiger charge is 2.10. The number of amides is 1. The van der Waals surface area contributed by atoms with Gasteiger partial charge in [-0.15, -0.1) is 0 Å². The lowest BCUT2D eigenvalue weighted by molar-refractivity contribution is -0.111. The lowest BCUT2D eigenvalue weighted by Gasteiger charge is -2.07. The van der Waals surface area contributed by atoms with Crippen LogP contribution in [-0.4, -0.2) is 28.7 Å². The number of carbonyl (C=O) groups excluding carboxylic acids is 1. The van der Waals surface area contributed by atoms with Crippen molar-refractivity contribution in [2.45, 2.75) is 6.92 Å². The summed E-state index contributed by atoms with van der Waals surface area (Å²) in [6, 6.07) is 10.9. The Hall–Kier alpha value is -3.28. The number of anilines is 1. The highest BCUT2D eigenvalue weighted by molar-refractivity contribution is 6.06. The van der Waals surface area contributed by atoms with Crippen molar-refractivity contribution in [1.29, 1.82) is 0 Å². The van der Waals surface area contributed by atoms with E-state index in [1.54, 1.807) is 37.3 Å². The Morgan fingerprint density at radius 2 is 1.96 bits per heavy atom. The number of ether oxygens (including phenoxy) is 1. The first-order valence-electron chi connectivity index (χ1n) is 7.28. The molecular formula is C18H17NO5. The van der Waals surface area contributed by atoms with Gasteiger partial charge in [-0.3, -0.25) is 4.79 Å². The molecule has 0 aliphatic carbocycles. The van der Waals surface area contributed by atoms with Crippen molar-refractivity contribution >= 4 is 23.6 Å². The lowest BCUT2D eigenvalue weighted by atomic mass is 10.1. The van der Waals surface area contributed by atoms with Crippen molar-refractivity contribution in [3.05, 3.63) is 59.7 Å². The Labute approximate surface area is 139 Å². The molecule has 0 saturated carbocycles. The maximum absolute atomic E-state index is 12.0. The van der Waals surface area contributed by atoms with E-state index < -0.39 is 11.9 Å². The fourth-order valence-corrected chi connectivity index (χ4v) is 2.03. The van der Waals surface area contributed by atoms with Crippen LogP contribution in [0.4, 0.5) is 5.69 Å². The summed E-state index contributed by atoms with van der Waals surface area (Å²) in [4.78, 5) is 23.1. The maximum atomic E-state index is 12.0. The molecule has 0 spiro atoms. The number of carboxylic acid groups (broad SMARTS) is 1. The van der Waals surface area contributed by atoms with Gasteiger partial charge < -0.3 is 20.3 Å². The first-order chi connectivity index (χ1) is 11.5. The summed E-state index contributed by atoms with van der Waals surface area (Å²) in [6.45, 7) is 2.21. The van der Waals surface area contributed by atoms with Gasteiger partial charge in [-0.1, -0.05) is 18.2 Å². The summed E-state index contributed by atoms with van der Waals surface area (Å²) < 4.78 is 5.27. The number of rotatable bonds is 6. The fourth-order valence-electron chi connectivity index (χ4n) is 2.03. The lowest BCUT2D eigenvalue weighted by Crippen LogP contribution is -2.11. The summed E-state index contributed by atoms with van der Waals surface area (Å²) in [5, 5.41) is 21.2. The van der Waals surface area contributed by atoms with Gasteiger partial charge in [-0.05, 0) is 42.8 Å². The summed E-state index contributed by atoms with van der Waals surface area (Å²) >= 11 is 0. The van der Waals surface area contributed by atoms with Crippen molar-refractivity contribution in [3.8, 4) is 11.5 Å². The zero-order chi connectivity index (χ0) is 17.5. The predicted octanol–water partition coefficient (Wildman–Crippen LogP) is 3.14. The first kappa shape index (κ1) is 17.1. The molecule has 0 unspecified atom stereocenters. The number of aromatic hydroxyl groups is 1. The average molecular weight is 327 g/mol. The molecule has 0 saturated heterocycles. The molecule has 0 bridgehead atoms. The van der Waals surface area contributed by atoms with E-state index in [4.69, 9.17) is 9.84 Å². The van der Waals surface area contributed by atoms with Gasteiger partial charge in [0, 0.05) is 6.08 Å². The number of carboxylic acids is 1. The zero-order valence-electron chi connectivity index (χ0n) is 13.0. The molecule has 0 aliphatic heterocycles. The minimum absolute atomic E-state index is 0.0162. The first-order valence-corrected chi connectivity index (χ1v) is 7.28. The van der Waals surface area contributed by atoms with Crippen LogP contribution in [0.2, 0.25) is 0 Å². The molecule has 2 aromatic rings. The van der Waals surface area contributed by atoms with Crippen LogP contribution in [0.3, 0.4) is 0 Å². The summed E-state index contributed by atoms with van der Waals surface area (Å²) in [5.74, 6) is -1.23. The molecule has 2 aromatic carbocycles. The standard InChI is InChI=1S/C18H17NO5/c1-2-24-16-11-12(7-9-15(16)20)8-10-17(21)19-14-6-4-3-5-13(14)18(22)23/h3-11,20H,2H2,1H3,(H,19,21)(H,22,23)/b10-8+. The summed E-state index contributed by atoms with van der Waals surface area (Å²) in [6.07, 6.45) is 2.82. The van der Waals surface area contributed by atoms with Gasteiger partial charge in [-0.25, -0.2) is 4.79 Å². The molecule has 124 valence electrons. The van der Waals surface area contributed by atoms with Gasteiger partial charge in [0.2, 0.25) is 5.91 Å². The molecule has 0 aromatic heterocycles. The van der Waals surface area contributed by atoms with Gasteiger partial charge in [0.15, 0.2) is 11.5 Å². The number of hydrogen-bond donors (Lipinski definition) is 3. The molecule has 0 radical (unpaired) electrons. The minimum Gasteiger partial charge on any atom is -0.504 e. The minimum atomic E-state index is -1.12. The fraction of sp³-hybridized carbons (Fsp3) is 0.111. The molecule has 0 heterocycles. The highest BCUT2D eigenvalue weighted by Crippen LogP contribution is 2.27. The largest absolute Gasteiger partial charge is 0.504 e. The van der Waals surface area contributed by atoms with Crippen LogP contribution in [0.25, 0.3) is 6.08 Å². The maximum Gasteiger partial charge on any atom is 0.337 e. The highest BCUT2D eigenvalue weighted by atomic mass is 16.5. The van der Waals surface area contributed by atoms with Gasteiger partial charge >= 0.3 is 5.97 Å². The topological polar surface area (TPSA) is 95.9 Å². The monoisotopic (exact) mass is 327 g/mol. The number of benzene rings is 2. The van der Waals surface area contributed by atoms with Crippen molar-refractivity contribution in [2.24, 2.45) is 0 Å².